The predicted octanol–water partition coefficient (Wildman–Crippen LogP) is 4.78. The van der Waals surface area contributed by atoms with E-state index in [0.29, 0.717) is 12.2 Å². The summed E-state index contributed by atoms with van der Waals surface area (Å²) in [5.74, 6) is -0.0441. The van der Waals surface area contributed by atoms with Gasteiger partial charge in [0.05, 0.1) is 13.7 Å². The highest BCUT2D eigenvalue weighted by atomic mass is 127. The van der Waals surface area contributed by atoms with Crippen LogP contribution in [0, 0.1) is 13.0 Å². The van der Waals surface area contributed by atoms with Crippen molar-refractivity contribution in [1.82, 2.24) is 0 Å². The minimum Gasteiger partial charge on any atom is -0.492 e. The molecule has 25 heavy (non-hydrogen) atoms. The lowest BCUT2D eigenvalue weighted by Gasteiger charge is -2.09. The Hall–Kier alpha value is -1.49. The maximum absolute atomic E-state index is 13.3. The summed E-state index contributed by atoms with van der Waals surface area (Å²) in [6, 6.07) is 9.59. The summed E-state index contributed by atoms with van der Waals surface area (Å²) >= 11 is 4.38. The summed E-state index contributed by atoms with van der Waals surface area (Å²) in [5.41, 5.74) is 1.41. The third kappa shape index (κ3) is 4.20. The predicted molar refractivity (Wildman–Crippen MR) is 110 cm³/mol. The van der Waals surface area contributed by atoms with E-state index in [9.17, 15) is 9.18 Å². The molecular weight excluding hydrogens is 551 g/mol. The number of halogens is 3. The van der Waals surface area contributed by atoms with E-state index in [2.05, 4.69) is 50.2 Å². The highest BCUT2D eigenvalue weighted by Gasteiger charge is 2.24. The standard InChI is InChI=1S/C18H12FI2NO3/c1-2-24-16-13(20)6-10(7-14(16)21)8-15-18(23)25-17(22-15)11-4-3-5-12(19)9-11/h3-9H,2H2,1H3. The molecule has 4 nitrogen and oxygen atoms in total. The molecule has 0 saturated carbocycles. The molecule has 0 aromatic heterocycles. The Kier molecular flexibility index (Phi) is 5.72. The molecule has 0 bridgehead atoms. The van der Waals surface area contributed by atoms with Gasteiger partial charge in [-0.15, -0.1) is 0 Å². The van der Waals surface area contributed by atoms with Crippen molar-refractivity contribution in [3.8, 4) is 5.75 Å². The Morgan fingerprint density at radius 3 is 2.60 bits per heavy atom. The lowest BCUT2D eigenvalue weighted by molar-refractivity contribution is -0.129. The third-order valence-corrected chi connectivity index (χ3v) is 4.91. The van der Waals surface area contributed by atoms with Gasteiger partial charge in [0.1, 0.15) is 11.6 Å². The Morgan fingerprint density at radius 2 is 1.96 bits per heavy atom. The van der Waals surface area contributed by atoms with Crippen LogP contribution in [0.1, 0.15) is 18.1 Å². The lowest BCUT2D eigenvalue weighted by Crippen LogP contribution is -2.05. The first kappa shape index (κ1) is 18.3. The Morgan fingerprint density at radius 1 is 1.24 bits per heavy atom. The van der Waals surface area contributed by atoms with E-state index in [1.54, 1.807) is 18.2 Å². The van der Waals surface area contributed by atoms with Gasteiger partial charge in [-0.25, -0.2) is 14.2 Å². The summed E-state index contributed by atoms with van der Waals surface area (Å²) in [6.45, 7) is 2.51. The second-order valence-electron chi connectivity index (χ2n) is 5.09. The normalized spacial score (nSPS) is 15.3. The molecule has 2 aromatic carbocycles. The van der Waals surface area contributed by atoms with Gasteiger partial charge >= 0.3 is 5.97 Å². The van der Waals surface area contributed by atoms with Crippen molar-refractivity contribution in [2.45, 2.75) is 6.92 Å². The van der Waals surface area contributed by atoms with E-state index >= 15 is 0 Å². The Labute approximate surface area is 171 Å². The van der Waals surface area contributed by atoms with Crippen LogP contribution >= 0.6 is 45.2 Å². The molecule has 1 heterocycles. The van der Waals surface area contributed by atoms with Crippen molar-refractivity contribution in [3.63, 3.8) is 0 Å². The number of hydrogen-bond acceptors (Lipinski definition) is 4. The molecule has 0 N–H and O–H groups in total. The first-order valence-electron chi connectivity index (χ1n) is 7.38. The van der Waals surface area contributed by atoms with Crippen LogP contribution in [0.3, 0.4) is 0 Å². The van der Waals surface area contributed by atoms with E-state index in [-0.39, 0.29) is 11.6 Å². The lowest BCUT2D eigenvalue weighted by atomic mass is 10.2. The van der Waals surface area contributed by atoms with Gasteiger partial charge in [-0.1, -0.05) is 6.07 Å². The monoisotopic (exact) mass is 563 g/mol. The number of benzene rings is 2. The molecule has 1 aliphatic rings. The molecule has 1 aliphatic heterocycles. The number of aliphatic imine (C=N–C) groups is 1. The summed E-state index contributed by atoms with van der Waals surface area (Å²) in [5, 5.41) is 0. The molecule has 2 aromatic rings. The van der Waals surface area contributed by atoms with Gasteiger partial charge in [0.2, 0.25) is 5.90 Å². The quantitative estimate of drug-likeness (QED) is 0.306. The zero-order chi connectivity index (χ0) is 18.0. The molecule has 128 valence electrons. The number of carbonyl (C=O) groups excluding carboxylic acids is 1. The maximum atomic E-state index is 13.3. The second-order valence-corrected chi connectivity index (χ2v) is 7.42. The summed E-state index contributed by atoms with van der Waals surface area (Å²) in [7, 11) is 0. The maximum Gasteiger partial charge on any atom is 0.363 e. The number of hydrogen-bond donors (Lipinski definition) is 0. The van der Waals surface area contributed by atoms with E-state index in [1.165, 1.54) is 12.1 Å². The van der Waals surface area contributed by atoms with E-state index in [1.807, 2.05) is 19.1 Å². The molecule has 0 unspecified atom stereocenters. The van der Waals surface area contributed by atoms with Gasteiger partial charge in [0.15, 0.2) is 5.70 Å². The first-order chi connectivity index (χ1) is 12.0. The van der Waals surface area contributed by atoms with Crippen molar-refractivity contribution in [3.05, 3.63) is 66.2 Å². The molecule has 3 rings (SSSR count). The van der Waals surface area contributed by atoms with Crippen molar-refractivity contribution in [2.24, 2.45) is 4.99 Å². The summed E-state index contributed by atoms with van der Waals surface area (Å²) < 4.78 is 26.0. The van der Waals surface area contributed by atoms with Crippen LogP contribution in [-0.2, 0) is 9.53 Å². The fraction of sp³-hybridized carbons (Fsp3) is 0.111. The topological polar surface area (TPSA) is 47.9 Å². The second kappa shape index (κ2) is 7.81. The van der Waals surface area contributed by atoms with Crippen LogP contribution in [-0.4, -0.2) is 18.5 Å². The zero-order valence-corrected chi connectivity index (χ0v) is 17.4. The summed E-state index contributed by atoms with van der Waals surface area (Å²) in [4.78, 5) is 16.3. The van der Waals surface area contributed by atoms with Crippen molar-refractivity contribution in [1.29, 1.82) is 0 Å². The molecule has 0 radical (unpaired) electrons. The highest BCUT2D eigenvalue weighted by molar-refractivity contribution is 14.1. The molecule has 0 fully saturated rings. The number of cyclic esters (lactones) is 1. The minimum absolute atomic E-state index is 0.103. The van der Waals surface area contributed by atoms with E-state index < -0.39 is 11.8 Å². The Bertz CT molecular complexity index is 886. The summed E-state index contributed by atoms with van der Waals surface area (Å²) in [6.07, 6.45) is 1.65. The average Bonchev–Trinajstić information content (AvgIpc) is 2.92. The van der Waals surface area contributed by atoms with Crippen LogP contribution in [0.2, 0.25) is 0 Å². The number of rotatable bonds is 4. The number of ether oxygens (including phenoxy) is 2. The molecular formula is C18H12FI2NO3. The van der Waals surface area contributed by atoms with Gasteiger partial charge in [0.25, 0.3) is 0 Å². The molecule has 0 atom stereocenters. The Balaban J connectivity index is 1.94. The van der Waals surface area contributed by atoms with Crippen LogP contribution in [0.25, 0.3) is 6.08 Å². The van der Waals surface area contributed by atoms with Gasteiger partial charge in [0, 0.05) is 5.56 Å². The van der Waals surface area contributed by atoms with Crippen molar-refractivity contribution < 1.29 is 18.7 Å². The van der Waals surface area contributed by atoms with Gasteiger partial charge in [-0.2, -0.15) is 0 Å². The molecule has 0 saturated heterocycles. The average molecular weight is 563 g/mol. The number of nitrogens with zero attached hydrogens (tertiary/aromatic N) is 1. The molecule has 0 aliphatic carbocycles. The van der Waals surface area contributed by atoms with Crippen LogP contribution in [0.4, 0.5) is 4.39 Å². The first-order valence-corrected chi connectivity index (χ1v) is 9.54. The zero-order valence-electron chi connectivity index (χ0n) is 13.1. The van der Waals surface area contributed by atoms with Crippen LogP contribution in [0.15, 0.2) is 47.1 Å². The smallest absolute Gasteiger partial charge is 0.363 e. The highest BCUT2D eigenvalue weighted by Crippen LogP contribution is 2.30. The van der Waals surface area contributed by atoms with Crippen molar-refractivity contribution in [2.75, 3.05) is 6.61 Å². The van der Waals surface area contributed by atoms with E-state index in [0.717, 1.165) is 18.5 Å². The molecule has 0 amide bonds. The van der Waals surface area contributed by atoms with Crippen LogP contribution < -0.4 is 4.74 Å². The van der Waals surface area contributed by atoms with Gasteiger partial charge in [-0.3, -0.25) is 0 Å². The largest absolute Gasteiger partial charge is 0.492 e. The molecule has 0 spiro atoms. The van der Waals surface area contributed by atoms with Gasteiger partial charge in [-0.05, 0) is 94.1 Å². The fourth-order valence-corrected chi connectivity index (χ4v) is 4.38. The third-order valence-electron chi connectivity index (χ3n) is 3.30. The number of carbonyl (C=O) groups is 1. The van der Waals surface area contributed by atoms with E-state index in [4.69, 9.17) is 9.47 Å². The van der Waals surface area contributed by atoms with Crippen molar-refractivity contribution >= 4 is 63.1 Å². The minimum atomic E-state index is -0.557. The number of esters is 1. The fourth-order valence-electron chi connectivity index (χ4n) is 2.26. The molecule has 7 heteroatoms. The van der Waals surface area contributed by atoms with Crippen LogP contribution in [0.5, 0.6) is 5.75 Å². The SMILES string of the molecule is CCOc1c(I)cc(C=C2N=C(c3cccc(F)c3)OC2=O)cc1I. The van der Waals surface area contributed by atoms with Gasteiger partial charge < -0.3 is 9.47 Å².